The number of likely N-dealkylation sites (tertiary alicyclic amines) is 2. The summed E-state index contributed by atoms with van der Waals surface area (Å²) >= 11 is 0. The maximum Gasteiger partial charge on any atom is 0.248 e. The zero-order chi connectivity index (χ0) is 17.1. The Morgan fingerprint density at radius 3 is 2.84 bits per heavy atom. The van der Waals surface area contributed by atoms with Crippen molar-refractivity contribution in [3.63, 3.8) is 0 Å². The highest BCUT2D eigenvalue weighted by Crippen LogP contribution is 2.38. The Balaban J connectivity index is 1.38. The van der Waals surface area contributed by atoms with Crippen LogP contribution in [-0.2, 0) is 6.54 Å². The zero-order valence-electron chi connectivity index (χ0n) is 15.3. The lowest BCUT2D eigenvalue weighted by Crippen LogP contribution is -2.43. The molecule has 0 spiro atoms. The number of guanidine groups is 1. The van der Waals surface area contributed by atoms with E-state index in [1.807, 2.05) is 0 Å². The number of nitrogens with zero attached hydrogens (tertiary/aromatic N) is 5. The summed E-state index contributed by atoms with van der Waals surface area (Å²) in [6.07, 6.45) is 7.42. The molecule has 3 heterocycles. The number of aromatic nitrogens is 2. The molecule has 0 aromatic carbocycles. The van der Waals surface area contributed by atoms with Gasteiger partial charge in [0.15, 0.2) is 11.8 Å². The maximum atomic E-state index is 5.36. The van der Waals surface area contributed by atoms with Gasteiger partial charge in [-0.05, 0) is 51.6 Å². The van der Waals surface area contributed by atoms with Crippen molar-refractivity contribution in [1.29, 1.82) is 0 Å². The third-order valence-corrected chi connectivity index (χ3v) is 5.44. The largest absolute Gasteiger partial charge is 0.356 e. The molecule has 7 heteroatoms. The SMILES string of the molecule is CCCNC(=NCc1nc(C2CC2)no1)N1CC[C@H](N2CCCC2)C1. The molecule has 25 heavy (non-hydrogen) atoms. The summed E-state index contributed by atoms with van der Waals surface area (Å²) in [5, 5.41) is 7.59. The molecule has 1 aromatic rings. The Labute approximate surface area is 149 Å². The molecule has 3 aliphatic rings. The van der Waals surface area contributed by atoms with Gasteiger partial charge in [-0.2, -0.15) is 4.98 Å². The average molecular weight is 346 g/mol. The second kappa shape index (κ2) is 7.72. The van der Waals surface area contributed by atoms with Crippen molar-refractivity contribution in [2.75, 3.05) is 32.7 Å². The second-order valence-electron chi connectivity index (χ2n) is 7.52. The molecular formula is C18H30N6O. The molecule has 0 radical (unpaired) electrons. The molecule has 1 aliphatic carbocycles. The molecule has 138 valence electrons. The predicted octanol–water partition coefficient (Wildman–Crippen LogP) is 1.97. The van der Waals surface area contributed by atoms with Crippen LogP contribution >= 0.6 is 0 Å². The van der Waals surface area contributed by atoms with Crippen LogP contribution in [0.5, 0.6) is 0 Å². The van der Waals surface area contributed by atoms with Gasteiger partial charge in [-0.25, -0.2) is 4.99 Å². The van der Waals surface area contributed by atoms with E-state index in [-0.39, 0.29) is 0 Å². The lowest BCUT2D eigenvalue weighted by molar-refractivity contribution is 0.249. The van der Waals surface area contributed by atoms with Gasteiger partial charge in [0.1, 0.15) is 6.54 Å². The van der Waals surface area contributed by atoms with Crippen molar-refractivity contribution < 1.29 is 4.52 Å². The fraction of sp³-hybridized carbons (Fsp3) is 0.833. The monoisotopic (exact) mass is 346 g/mol. The highest BCUT2D eigenvalue weighted by atomic mass is 16.5. The predicted molar refractivity (Wildman–Crippen MR) is 96.5 cm³/mol. The Hall–Kier alpha value is -1.63. The molecular weight excluding hydrogens is 316 g/mol. The minimum absolute atomic E-state index is 0.469. The molecule has 2 saturated heterocycles. The van der Waals surface area contributed by atoms with Crippen molar-refractivity contribution in [2.24, 2.45) is 4.99 Å². The fourth-order valence-corrected chi connectivity index (χ4v) is 3.83. The molecule has 7 nitrogen and oxygen atoms in total. The first-order chi connectivity index (χ1) is 12.3. The van der Waals surface area contributed by atoms with E-state index in [0.29, 0.717) is 24.4 Å². The molecule has 1 N–H and O–H groups in total. The Morgan fingerprint density at radius 2 is 2.08 bits per heavy atom. The number of hydrogen-bond acceptors (Lipinski definition) is 5. The minimum Gasteiger partial charge on any atom is -0.356 e. The first-order valence-electron chi connectivity index (χ1n) is 9.93. The summed E-state index contributed by atoms with van der Waals surface area (Å²) < 4.78 is 5.36. The van der Waals surface area contributed by atoms with Crippen LogP contribution in [0.4, 0.5) is 0 Å². The van der Waals surface area contributed by atoms with Crippen molar-refractivity contribution in [2.45, 2.75) is 64.0 Å². The quantitative estimate of drug-likeness (QED) is 0.627. The zero-order valence-corrected chi connectivity index (χ0v) is 15.3. The normalized spacial score (nSPS) is 25.1. The first kappa shape index (κ1) is 16.8. The van der Waals surface area contributed by atoms with Gasteiger partial charge in [0.2, 0.25) is 5.89 Å². The Kier molecular flexibility index (Phi) is 5.20. The molecule has 4 rings (SSSR count). The van der Waals surface area contributed by atoms with Gasteiger partial charge < -0.3 is 14.7 Å². The van der Waals surface area contributed by atoms with Crippen LogP contribution in [0.15, 0.2) is 9.52 Å². The Bertz CT molecular complexity index is 590. The topological polar surface area (TPSA) is 69.8 Å². The van der Waals surface area contributed by atoms with Crippen molar-refractivity contribution >= 4 is 5.96 Å². The highest BCUT2D eigenvalue weighted by molar-refractivity contribution is 5.80. The lowest BCUT2D eigenvalue weighted by atomic mass is 10.2. The van der Waals surface area contributed by atoms with Gasteiger partial charge in [0.25, 0.3) is 0 Å². The van der Waals surface area contributed by atoms with Crippen LogP contribution < -0.4 is 5.32 Å². The van der Waals surface area contributed by atoms with Crippen LogP contribution in [0.2, 0.25) is 0 Å². The van der Waals surface area contributed by atoms with Crippen LogP contribution in [0.1, 0.15) is 63.1 Å². The van der Waals surface area contributed by atoms with E-state index < -0.39 is 0 Å². The number of rotatable bonds is 6. The maximum absolute atomic E-state index is 5.36. The van der Waals surface area contributed by atoms with E-state index in [0.717, 1.165) is 37.8 Å². The van der Waals surface area contributed by atoms with Crippen LogP contribution in [0.25, 0.3) is 0 Å². The van der Waals surface area contributed by atoms with Gasteiger partial charge in [-0.15, -0.1) is 0 Å². The van der Waals surface area contributed by atoms with E-state index in [1.54, 1.807) is 0 Å². The summed E-state index contributed by atoms with van der Waals surface area (Å²) in [6.45, 7) is 8.28. The molecule has 1 atom stereocenters. The van der Waals surface area contributed by atoms with Crippen molar-refractivity contribution in [3.8, 4) is 0 Å². The molecule has 0 amide bonds. The smallest absolute Gasteiger partial charge is 0.248 e. The molecule has 1 saturated carbocycles. The third-order valence-electron chi connectivity index (χ3n) is 5.44. The van der Waals surface area contributed by atoms with Gasteiger partial charge in [-0.3, -0.25) is 4.90 Å². The van der Waals surface area contributed by atoms with Crippen LogP contribution in [-0.4, -0.2) is 64.7 Å². The van der Waals surface area contributed by atoms with Gasteiger partial charge >= 0.3 is 0 Å². The molecule has 0 bridgehead atoms. The molecule has 2 aliphatic heterocycles. The van der Waals surface area contributed by atoms with Gasteiger partial charge in [0.05, 0.1) is 0 Å². The lowest BCUT2D eigenvalue weighted by Gasteiger charge is -2.25. The molecule has 0 unspecified atom stereocenters. The van der Waals surface area contributed by atoms with E-state index in [1.165, 1.54) is 45.2 Å². The summed E-state index contributed by atoms with van der Waals surface area (Å²) in [5.41, 5.74) is 0. The van der Waals surface area contributed by atoms with Gasteiger partial charge in [-0.1, -0.05) is 12.1 Å². The summed E-state index contributed by atoms with van der Waals surface area (Å²) in [7, 11) is 0. The van der Waals surface area contributed by atoms with Crippen molar-refractivity contribution in [1.82, 2.24) is 25.3 Å². The molecule has 3 fully saturated rings. The average Bonchev–Trinajstić information content (AvgIpc) is 3.08. The van der Waals surface area contributed by atoms with E-state index in [4.69, 9.17) is 9.52 Å². The third kappa shape index (κ3) is 4.14. The summed E-state index contributed by atoms with van der Waals surface area (Å²) in [4.78, 5) is 14.3. The Morgan fingerprint density at radius 1 is 1.24 bits per heavy atom. The summed E-state index contributed by atoms with van der Waals surface area (Å²) in [5.74, 6) is 3.02. The van der Waals surface area contributed by atoms with E-state index in [2.05, 4.69) is 32.2 Å². The number of hydrogen-bond donors (Lipinski definition) is 1. The minimum atomic E-state index is 0.469. The van der Waals surface area contributed by atoms with Crippen molar-refractivity contribution in [3.05, 3.63) is 11.7 Å². The standard InChI is InChI=1S/C18H30N6O/c1-2-8-19-18(20-12-16-21-17(22-25-16)14-5-6-14)24-11-7-15(13-24)23-9-3-4-10-23/h14-15H,2-13H2,1H3,(H,19,20)/t15-/m0/s1. The van der Waals surface area contributed by atoms with Crippen LogP contribution in [0.3, 0.4) is 0 Å². The number of nitrogens with one attached hydrogen (secondary N) is 1. The molecule has 1 aromatic heterocycles. The number of aliphatic imine (C=N–C) groups is 1. The highest BCUT2D eigenvalue weighted by Gasteiger charge is 2.31. The van der Waals surface area contributed by atoms with Crippen LogP contribution in [0, 0.1) is 0 Å². The second-order valence-corrected chi connectivity index (χ2v) is 7.52. The van der Waals surface area contributed by atoms with Gasteiger partial charge in [0, 0.05) is 31.6 Å². The summed E-state index contributed by atoms with van der Waals surface area (Å²) in [6, 6.07) is 0.681. The van der Waals surface area contributed by atoms with E-state index >= 15 is 0 Å². The first-order valence-corrected chi connectivity index (χ1v) is 9.93. The fourth-order valence-electron chi connectivity index (χ4n) is 3.83. The van der Waals surface area contributed by atoms with E-state index in [9.17, 15) is 0 Å².